The molecule has 6 heteroatoms. The zero-order valence-electron chi connectivity index (χ0n) is 11.2. The van der Waals surface area contributed by atoms with E-state index in [0.717, 1.165) is 0 Å². The minimum absolute atomic E-state index is 0.0580. The van der Waals surface area contributed by atoms with Gasteiger partial charge in [0.05, 0.1) is 5.69 Å². The van der Waals surface area contributed by atoms with Crippen molar-refractivity contribution >= 4 is 27.5 Å². The first-order valence-electron chi connectivity index (χ1n) is 5.91. The molecule has 2 aromatic heterocycles. The highest BCUT2D eigenvalue weighted by atomic mass is 79.9. The molecule has 0 N–H and O–H groups in total. The molecule has 102 valence electrons. The molecule has 0 spiro atoms. The van der Waals surface area contributed by atoms with Gasteiger partial charge in [-0.25, -0.2) is 9.37 Å². The van der Waals surface area contributed by atoms with Crippen molar-refractivity contribution < 1.29 is 9.18 Å². The number of hydrogen-bond donors (Lipinski definition) is 0. The zero-order valence-corrected chi connectivity index (χ0v) is 12.8. The average Bonchev–Trinajstić information content (AvgIpc) is 2.67. The molecule has 2 rings (SSSR count). The summed E-state index contributed by atoms with van der Waals surface area (Å²) < 4.78 is 16.2. The maximum absolute atomic E-state index is 13.9. The molecule has 0 saturated heterocycles. The maximum atomic E-state index is 13.9. The van der Waals surface area contributed by atoms with Gasteiger partial charge in [0, 0.05) is 24.8 Å². The first-order valence-corrected chi connectivity index (χ1v) is 6.71. The average molecular weight is 328 g/mol. The normalized spacial score (nSPS) is 11.3. The smallest absolute Gasteiger partial charge is 0.273 e. The number of aromatic nitrogens is 2. The molecule has 4 nitrogen and oxygen atoms in total. The Labute approximate surface area is 119 Å². The number of hydrogen-bond acceptors (Lipinski definition) is 2. The van der Waals surface area contributed by atoms with Crippen molar-refractivity contribution in [1.29, 1.82) is 0 Å². The highest BCUT2D eigenvalue weighted by Gasteiger charge is 2.24. The molecule has 2 aromatic rings. The number of fused-ring (bicyclic) bond motifs is 1. The van der Waals surface area contributed by atoms with Gasteiger partial charge in [0.25, 0.3) is 5.91 Å². The molecule has 0 aromatic carbocycles. The summed E-state index contributed by atoms with van der Waals surface area (Å²) >= 11 is 3.26. The monoisotopic (exact) mass is 327 g/mol. The second-order valence-corrected chi connectivity index (χ2v) is 5.82. The zero-order chi connectivity index (χ0) is 14.3. The Hall–Kier alpha value is -1.43. The van der Waals surface area contributed by atoms with Gasteiger partial charge in [-0.1, -0.05) is 13.8 Å². The SMILES string of the molecule is CC(C)c1c(C(=O)N(C)C)nc2c(F)cc(Br)cn12. The van der Waals surface area contributed by atoms with E-state index < -0.39 is 5.82 Å². The minimum Gasteiger partial charge on any atom is -0.343 e. The van der Waals surface area contributed by atoms with Gasteiger partial charge >= 0.3 is 0 Å². The molecule has 0 saturated carbocycles. The van der Waals surface area contributed by atoms with Gasteiger partial charge in [-0.05, 0) is 27.9 Å². The Kier molecular flexibility index (Phi) is 3.62. The molecule has 0 atom stereocenters. The van der Waals surface area contributed by atoms with E-state index in [4.69, 9.17) is 0 Å². The topological polar surface area (TPSA) is 37.6 Å². The van der Waals surface area contributed by atoms with E-state index in [1.807, 2.05) is 13.8 Å². The molecule has 0 aliphatic carbocycles. The lowest BCUT2D eigenvalue weighted by atomic mass is 10.1. The fourth-order valence-electron chi connectivity index (χ4n) is 2.01. The van der Waals surface area contributed by atoms with Gasteiger partial charge in [0.15, 0.2) is 17.2 Å². The molecule has 0 radical (unpaired) electrons. The summed E-state index contributed by atoms with van der Waals surface area (Å²) in [4.78, 5) is 17.8. The van der Waals surface area contributed by atoms with Gasteiger partial charge in [-0.15, -0.1) is 0 Å². The number of rotatable bonds is 2. The molecule has 0 bridgehead atoms. The van der Waals surface area contributed by atoms with Crippen LogP contribution in [0.2, 0.25) is 0 Å². The standard InChI is InChI=1S/C13H15BrFN3O/c1-7(2)11-10(13(19)17(3)4)16-12-9(15)5-8(14)6-18(11)12/h5-7H,1-4H3. The van der Waals surface area contributed by atoms with E-state index in [-0.39, 0.29) is 17.5 Å². The van der Waals surface area contributed by atoms with Crippen molar-refractivity contribution in [2.75, 3.05) is 14.1 Å². The van der Waals surface area contributed by atoms with Crippen molar-refractivity contribution in [3.8, 4) is 0 Å². The maximum Gasteiger partial charge on any atom is 0.273 e. The van der Waals surface area contributed by atoms with Gasteiger partial charge in [-0.3, -0.25) is 9.20 Å². The summed E-state index contributed by atoms with van der Waals surface area (Å²) in [5, 5.41) is 0. The number of amides is 1. The van der Waals surface area contributed by atoms with Gasteiger partial charge in [0.1, 0.15) is 0 Å². The lowest BCUT2D eigenvalue weighted by Gasteiger charge is -2.12. The third kappa shape index (κ3) is 2.36. The van der Waals surface area contributed by atoms with Crippen molar-refractivity contribution in [3.05, 3.63) is 33.9 Å². The summed E-state index contributed by atoms with van der Waals surface area (Å²) in [7, 11) is 3.31. The predicted octanol–water partition coefficient (Wildman–Crippen LogP) is 3.06. The van der Waals surface area contributed by atoms with Crippen LogP contribution < -0.4 is 0 Å². The second-order valence-electron chi connectivity index (χ2n) is 4.90. The molecule has 0 aliphatic heterocycles. The Morgan fingerprint density at radius 3 is 2.63 bits per heavy atom. The molecular weight excluding hydrogens is 313 g/mol. The summed E-state index contributed by atoms with van der Waals surface area (Å²) in [5.41, 5.74) is 1.20. The Balaban J connectivity index is 2.81. The highest BCUT2D eigenvalue weighted by Crippen LogP contribution is 2.25. The van der Waals surface area contributed by atoms with Crippen LogP contribution in [0.1, 0.15) is 35.9 Å². The lowest BCUT2D eigenvalue weighted by Crippen LogP contribution is -2.23. The highest BCUT2D eigenvalue weighted by molar-refractivity contribution is 9.10. The van der Waals surface area contributed by atoms with Crippen LogP contribution in [-0.4, -0.2) is 34.3 Å². The number of pyridine rings is 1. The summed E-state index contributed by atoms with van der Waals surface area (Å²) in [6.45, 7) is 3.91. The van der Waals surface area contributed by atoms with Crippen molar-refractivity contribution in [2.24, 2.45) is 0 Å². The third-order valence-electron chi connectivity index (χ3n) is 2.83. The number of imidazole rings is 1. The van der Waals surface area contributed by atoms with Crippen molar-refractivity contribution in [3.63, 3.8) is 0 Å². The Morgan fingerprint density at radius 2 is 2.11 bits per heavy atom. The van der Waals surface area contributed by atoms with E-state index in [0.29, 0.717) is 15.9 Å². The van der Waals surface area contributed by atoms with E-state index in [1.54, 1.807) is 24.7 Å². The predicted molar refractivity (Wildman–Crippen MR) is 75.0 cm³/mol. The summed E-state index contributed by atoms with van der Waals surface area (Å²) in [6, 6.07) is 1.34. The van der Waals surface area contributed by atoms with Crippen LogP contribution in [0.5, 0.6) is 0 Å². The van der Waals surface area contributed by atoms with Gasteiger partial charge in [0.2, 0.25) is 0 Å². The van der Waals surface area contributed by atoms with Crippen LogP contribution in [0.15, 0.2) is 16.7 Å². The van der Waals surface area contributed by atoms with Crippen LogP contribution in [0.3, 0.4) is 0 Å². The molecular formula is C13H15BrFN3O. The van der Waals surface area contributed by atoms with Crippen LogP contribution in [0.25, 0.3) is 5.65 Å². The number of carbonyl (C=O) groups is 1. The van der Waals surface area contributed by atoms with Crippen molar-refractivity contribution in [2.45, 2.75) is 19.8 Å². The fraction of sp³-hybridized carbons (Fsp3) is 0.385. The number of nitrogens with zero attached hydrogens (tertiary/aromatic N) is 3. The first kappa shape index (κ1) is 14.0. The number of carbonyl (C=O) groups excluding carboxylic acids is 1. The Bertz CT molecular complexity index is 649. The quantitative estimate of drug-likeness (QED) is 0.850. The first-order chi connectivity index (χ1) is 8.82. The molecule has 0 fully saturated rings. The third-order valence-corrected chi connectivity index (χ3v) is 3.27. The van der Waals surface area contributed by atoms with Crippen molar-refractivity contribution in [1.82, 2.24) is 14.3 Å². The number of halogens is 2. The van der Waals surface area contributed by atoms with E-state index >= 15 is 0 Å². The Morgan fingerprint density at radius 1 is 1.47 bits per heavy atom. The molecule has 19 heavy (non-hydrogen) atoms. The van der Waals surface area contributed by atoms with Crippen LogP contribution in [0.4, 0.5) is 4.39 Å². The van der Waals surface area contributed by atoms with Crippen LogP contribution >= 0.6 is 15.9 Å². The summed E-state index contributed by atoms with van der Waals surface area (Å²) in [6.07, 6.45) is 1.73. The fourth-order valence-corrected chi connectivity index (χ4v) is 2.42. The van der Waals surface area contributed by atoms with E-state index in [1.165, 1.54) is 11.0 Å². The van der Waals surface area contributed by atoms with Gasteiger partial charge < -0.3 is 4.90 Å². The second kappa shape index (κ2) is 4.92. The molecule has 2 heterocycles. The minimum atomic E-state index is -0.450. The molecule has 0 unspecified atom stereocenters. The van der Waals surface area contributed by atoms with Crippen LogP contribution in [0, 0.1) is 5.82 Å². The van der Waals surface area contributed by atoms with Crippen LogP contribution in [-0.2, 0) is 0 Å². The molecule has 1 amide bonds. The van der Waals surface area contributed by atoms with E-state index in [9.17, 15) is 9.18 Å². The largest absolute Gasteiger partial charge is 0.343 e. The molecule has 0 aliphatic rings. The van der Waals surface area contributed by atoms with E-state index in [2.05, 4.69) is 20.9 Å². The summed E-state index contributed by atoms with van der Waals surface area (Å²) in [5.74, 6) is -0.611. The van der Waals surface area contributed by atoms with Gasteiger partial charge in [-0.2, -0.15) is 0 Å². The lowest BCUT2D eigenvalue weighted by molar-refractivity contribution is 0.0821.